The average Bonchev–Trinajstić information content (AvgIpc) is 2.57. The van der Waals surface area contributed by atoms with Gasteiger partial charge in [-0.25, -0.2) is 9.18 Å². The van der Waals surface area contributed by atoms with Gasteiger partial charge in [-0.05, 0) is 42.8 Å². The monoisotopic (exact) mass is 315 g/mol. The molecule has 2 aromatic rings. The van der Waals surface area contributed by atoms with E-state index in [1.807, 2.05) is 6.92 Å². The van der Waals surface area contributed by atoms with Crippen molar-refractivity contribution >= 4 is 17.6 Å². The van der Waals surface area contributed by atoms with Crippen LogP contribution in [0.4, 0.5) is 10.1 Å². The second-order valence-electron chi connectivity index (χ2n) is 5.00. The Kier molecular flexibility index (Phi) is 5.86. The van der Waals surface area contributed by atoms with Crippen molar-refractivity contribution in [3.63, 3.8) is 0 Å². The molecule has 0 bridgehead atoms. The first-order valence-electron chi connectivity index (χ1n) is 7.45. The summed E-state index contributed by atoms with van der Waals surface area (Å²) in [5.74, 6) is -1.36. The Bertz CT molecular complexity index is 683. The molecule has 0 aliphatic rings. The SMILES string of the molecule is CCCCOC(=O)c1ccc(C(=O)Nc2ccccc2F)cc1. The molecule has 4 nitrogen and oxygen atoms in total. The minimum Gasteiger partial charge on any atom is -0.462 e. The first kappa shape index (κ1) is 16.7. The molecule has 0 saturated heterocycles. The lowest BCUT2D eigenvalue weighted by Crippen LogP contribution is -2.13. The lowest BCUT2D eigenvalue weighted by atomic mass is 10.1. The maximum atomic E-state index is 13.5. The van der Waals surface area contributed by atoms with E-state index >= 15 is 0 Å². The summed E-state index contributed by atoms with van der Waals surface area (Å²) in [4.78, 5) is 23.8. The number of carbonyl (C=O) groups is 2. The van der Waals surface area contributed by atoms with Gasteiger partial charge in [0.15, 0.2) is 0 Å². The van der Waals surface area contributed by atoms with Gasteiger partial charge < -0.3 is 10.1 Å². The van der Waals surface area contributed by atoms with Gasteiger partial charge in [-0.15, -0.1) is 0 Å². The number of ether oxygens (including phenoxy) is 1. The van der Waals surface area contributed by atoms with Gasteiger partial charge >= 0.3 is 5.97 Å². The van der Waals surface area contributed by atoms with E-state index in [1.54, 1.807) is 12.1 Å². The Morgan fingerprint density at radius 1 is 1.04 bits per heavy atom. The summed E-state index contributed by atoms with van der Waals surface area (Å²) in [5.41, 5.74) is 0.822. The number of anilines is 1. The van der Waals surface area contributed by atoms with Crippen molar-refractivity contribution in [3.8, 4) is 0 Å². The molecule has 120 valence electrons. The maximum Gasteiger partial charge on any atom is 0.338 e. The van der Waals surface area contributed by atoms with Crippen LogP contribution >= 0.6 is 0 Å². The highest BCUT2D eigenvalue weighted by molar-refractivity contribution is 6.04. The van der Waals surface area contributed by atoms with Crippen LogP contribution < -0.4 is 5.32 Å². The minimum absolute atomic E-state index is 0.112. The Labute approximate surface area is 134 Å². The molecule has 23 heavy (non-hydrogen) atoms. The molecule has 0 radical (unpaired) electrons. The van der Waals surface area contributed by atoms with Crippen molar-refractivity contribution in [3.05, 3.63) is 65.5 Å². The predicted octanol–water partition coefficient (Wildman–Crippen LogP) is 4.03. The third-order valence-corrected chi connectivity index (χ3v) is 3.24. The van der Waals surface area contributed by atoms with E-state index in [9.17, 15) is 14.0 Å². The van der Waals surface area contributed by atoms with E-state index in [-0.39, 0.29) is 5.69 Å². The molecule has 0 spiro atoms. The fourth-order valence-electron chi connectivity index (χ4n) is 1.91. The van der Waals surface area contributed by atoms with E-state index in [0.29, 0.717) is 17.7 Å². The molecular weight excluding hydrogens is 297 g/mol. The van der Waals surface area contributed by atoms with Crippen molar-refractivity contribution in [2.75, 3.05) is 11.9 Å². The number of esters is 1. The smallest absolute Gasteiger partial charge is 0.338 e. The van der Waals surface area contributed by atoms with Crippen LogP contribution in [0.3, 0.4) is 0 Å². The number of benzene rings is 2. The summed E-state index contributed by atoms with van der Waals surface area (Å²) in [5, 5.41) is 2.49. The predicted molar refractivity (Wildman–Crippen MR) is 86.0 cm³/mol. The number of amides is 1. The van der Waals surface area contributed by atoms with Gasteiger partial charge in [-0.1, -0.05) is 25.5 Å². The van der Waals surface area contributed by atoms with Crippen LogP contribution in [-0.4, -0.2) is 18.5 Å². The molecule has 1 N–H and O–H groups in total. The highest BCUT2D eigenvalue weighted by Crippen LogP contribution is 2.14. The van der Waals surface area contributed by atoms with Gasteiger partial charge in [0, 0.05) is 5.56 Å². The van der Waals surface area contributed by atoms with Gasteiger partial charge in [0.1, 0.15) is 5.82 Å². The zero-order valence-electron chi connectivity index (χ0n) is 12.8. The normalized spacial score (nSPS) is 10.2. The molecule has 0 atom stereocenters. The van der Waals surface area contributed by atoms with Gasteiger partial charge in [0.05, 0.1) is 17.9 Å². The molecule has 2 rings (SSSR count). The van der Waals surface area contributed by atoms with Gasteiger partial charge in [-0.2, -0.15) is 0 Å². The third kappa shape index (κ3) is 4.64. The van der Waals surface area contributed by atoms with Crippen LogP contribution in [0.25, 0.3) is 0 Å². The quantitative estimate of drug-likeness (QED) is 0.646. The van der Waals surface area contributed by atoms with Crippen molar-refractivity contribution in [1.29, 1.82) is 0 Å². The van der Waals surface area contributed by atoms with Crippen LogP contribution in [0.15, 0.2) is 48.5 Å². The zero-order valence-corrected chi connectivity index (χ0v) is 12.8. The van der Waals surface area contributed by atoms with Crippen LogP contribution in [0.2, 0.25) is 0 Å². The van der Waals surface area contributed by atoms with Crippen LogP contribution in [0.5, 0.6) is 0 Å². The first-order chi connectivity index (χ1) is 11.1. The molecule has 2 aromatic carbocycles. The summed E-state index contributed by atoms with van der Waals surface area (Å²) in [7, 11) is 0. The molecule has 0 saturated carbocycles. The van der Waals surface area contributed by atoms with Crippen molar-refractivity contribution in [1.82, 2.24) is 0 Å². The van der Waals surface area contributed by atoms with E-state index in [4.69, 9.17) is 4.74 Å². The number of unbranched alkanes of at least 4 members (excludes halogenated alkanes) is 1. The molecular formula is C18H18FNO3. The lowest BCUT2D eigenvalue weighted by Gasteiger charge is -2.07. The highest BCUT2D eigenvalue weighted by Gasteiger charge is 2.11. The summed E-state index contributed by atoms with van der Waals surface area (Å²) in [6.45, 7) is 2.39. The van der Waals surface area contributed by atoms with Gasteiger partial charge in [0.25, 0.3) is 5.91 Å². The summed E-state index contributed by atoms with van der Waals surface area (Å²) in [6.07, 6.45) is 1.76. The summed E-state index contributed by atoms with van der Waals surface area (Å²) >= 11 is 0. The number of nitrogens with one attached hydrogen (secondary N) is 1. The van der Waals surface area contributed by atoms with Gasteiger partial charge in [0.2, 0.25) is 0 Å². The van der Waals surface area contributed by atoms with Gasteiger partial charge in [-0.3, -0.25) is 4.79 Å². The Hall–Kier alpha value is -2.69. The minimum atomic E-state index is -0.503. The number of hydrogen-bond donors (Lipinski definition) is 1. The summed E-state index contributed by atoms with van der Waals surface area (Å²) in [6, 6.07) is 12.0. The maximum absolute atomic E-state index is 13.5. The number of hydrogen-bond acceptors (Lipinski definition) is 3. The Morgan fingerprint density at radius 3 is 2.35 bits per heavy atom. The fraction of sp³-hybridized carbons (Fsp3) is 0.222. The highest BCUT2D eigenvalue weighted by atomic mass is 19.1. The van der Waals surface area contributed by atoms with Crippen LogP contribution in [-0.2, 0) is 4.74 Å². The molecule has 0 heterocycles. The van der Waals surface area contributed by atoms with Crippen molar-refractivity contribution in [2.45, 2.75) is 19.8 Å². The molecule has 0 fully saturated rings. The molecule has 0 aliphatic heterocycles. The van der Waals surface area contributed by atoms with Crippen molar-refractivity contribution in [2.24, 2.45) is 0 Å². The first-order valence-corrected chi connectivity index (χ1v) is 7.45. The van der Waals surface area contributed by atoms with E-state index in [2.05, 4.69) is 5.32 Å². The Balaban J connectivity index is 2.00. The second kappa shape index (κ2) is 8.08. The van der Waals surface area contributed by atoms with Crippen LogP contribution in [0.1, 0.15) is 40.5 Å². The standard InChI is InChI=1S/C18H18FNO3/c1-2-3-12-23-18(22)14-10-8-13(9-11-14)17(21)20-16-7-5-4-6-15(16)19/h4-11H,2-3,12H2,1H3,(H,20,21). The summed E-state index contributed by atoms with van der Waals surface area (Å²) < 4.78 is 18.6. The number of para-hydroxylation sites is 1. The third-order valence-electron chi connectivity index (χ3n) is 3.24. The fourth-order valence-corrected chi connectivity index (χ4v) is 1.91. The Morgan fingerprint density at radius 2 is 1.70 bits per heavy atom. The largest absolute Gasteiger partial charge is 0.462 e. The van der Waals surface area contributed by atoms with Crippen molar-refractivity contribution < 1.29 is 18.7 Å². The zero-order chi connectivity index (χ0) is 16.7. The topological polar surface area (TPSA) is 55.4 Å². The van der Waals surface area contributed by atoms with E-state index in [1.165, 1.54) is 36.4 Å². The molecule has 0 aromatic heterocycles. The van der Waals surface area contributed by atoms with E-state index < -0.39 is 17.7 Å². The molecule has 0 aliphatic carbocycles. The number of rotatable bonds is 6. The molecule has 1 amide bonds. The van der Waals surface area contributed by atoms with E-state index in [0.717, 1.165) is 12.8 Å². The molecule has 0 unspecified atom stereocenters. The number of carbonyl (C=O) groups excluding carboxylic acids is 2. The average molecular weight is 315 g/mol. The molecule has 5 heteroatoms. The lowest BCUT2D eigenvalue weighted by molar-refractivity contribution is 0.0499. The second-order valence-corrected chi connectivity index (χ2v) is 5.00. The number of halogens is 1. The van der Waals surface area contributed by atoms with Crippen LogP contribution in [0, 0.1) is 5.82 Å².